The minimum Gasteiger partial charge on any atom is -0.463 e. The third kappa shape index (κ3) is 12.2. The molecule has 0 saturated carbocycles. The first kappa shape index (κ1) is 53.0. The number of carbonyl (C=O) groups excluding carboxylic acids is 4. The molecular weight excluding hydrogens is 959 g/mol. The lowest BCUT2D eigenvalue weighted by Crippen LogP contribution is -2.63. The van der Waals surface area contributed by atoms with E-state index in [9.17, 15) is 19.2 Å². The Balaban J connectivity index is 1.05. The quantitative estimate of drug-likeness (QED) is 0.0511. The number of anilines is 2. The maximum Gasteiger partial charge on any atom is 0.303 e. The van der Waals surface area contributed by atoms with Crippen molar-refractivity contribution in [1.29, 1.82) is 0 Å². The average Bonchev–Trinajstić information content (AvgIpc) is 3.95. The lowest BCUT2D eigenvalue weighted by atomic mass is 9.98. The SMILES string of the molecule is CCn1c2ccccc2c2cc(-c3nc(-c4ccc(N5CCN(C)CC5)cc4)c(-c4ccc(N5CCN(C)CC5)cc4)n3CCOCCO[C@@H]3O[C@H](COC(C)=O)[C@@H](OC(C)=O)[C@H](OC(C)=O)[C@H]3OC(C)=O)ccc21. The summed E-state index contributed by atoms with van der Waals surface area (Å²) in [6.45, 7) is 15.9. The van der Waals surface area contributed by atoms with Gasteiger partial charge in [-0.25, -0.2) is 4.98 Å². The second-order valence-corrected chi connectivity index (χ2v) is 19.5. The summed E-state index contributed by atoms with van der Waals surface area (Å²) in [6.07, 6.45) is -6.45. The van der Waals surface area contributed by atoms with Gasteiger partial charge in [0, 0.05) is 143 Å². The maximum absolute atomic E-state index is 12.5. The molecule has 0 bridgehead atoms. The Hall–Kier alpha value is -6.83. The number of carbonyl (C=O) groups is 4. The van der Waals surface area contributed by atoms with Crippen molar-refractivity contribution in [2.24, 2.45) is 0 Å². The Kier molecular flexibility index (Phi) is 16.8. The number of hydrogen-bond acceptors (Lipinski definition) is 16. The molecule has 5 heterocycles. The molecule has 3 saturated heterocycles. The summed E-state index contributed by atoms with van der Waals surface area (Å²) in [5, 5.41) is 2.32. The number of esters is 4. The second kappa shape index (κ2) is 23.8. The summed E-state index contributed by atoms with van der Waals surface area (Å²) in [5.74, 6) is -1.98. The van der Waals surface area contributed by atoms with Crippen molar-refractivity contribution in [3.63, 3.8) is 0 Å². The molecule has 0 N–H and O–H groups in total. The third-order valence-corrected chi connectivity index (χ3v) is 14.2. The number of ether oxygens (including phenoxy) is 7. The minimum absolute atomic E-state index is 0.0474. The van der Waals surface area contributed by atoms with Gasteiger partial charge in [-0.15, -0.1) is 0 Å². The molecule has 18 heteroatoms. The predicted molar refractivity (Wildman–Crippen MR) is 285 cm³/mol. The lowest BCUT2D eigenvalue weighted by molar-refractivity contribution is -0.309. The molecule has 3 fully saturated rings. The van der Waals surface area contributed by atoms with Gasteiger partial charge in [-0.1, -0.05) is 42.5 Å². The summed E-state index contributed by atoms with van der Waals surface area (Å²) in [6, 6.07) is 32.7. The molecule has 0 spiro atoms. The summed E-state index contributed by atoms with van der Waals surface area (Å²) < 4.78 is 45.3. The zero-order valence-corrected chi connectivity index (χ0v) is 44.1. The van der Waals surface area contributed by atoms with Crippen LogP contribution in [0.15, 0.2) is 91.0 Å². The number of nitrogens with zero attached hydrogens (tertiary/aromatic N) is 7. The molecule has 9 rings (SSSR count). The van der Waals surface area contributed by atoms with E-state index >= 15 is 0 Å². The van der Waals surface area contributed by atoms with Gasteiger partial charge in [-0.05, 0) is 69.6 Å². The van der Waals surface area contributed by atoms with Crippen molar-refractivity contribution in [2.75, 3.05) is 103 Å². The van der Waals surface area contributed by atoms with E-state index in [0.717, 1.165) is 104 Å². The van der Waals surface area contributed by atoms with Gasteiger partial charge in [0.05, 0.1) is 31.2 Å². The number of fused-ring (bicyclic) bond motifs is 3. The highest BCUT2D eigenvalue weighted by Crippen LogP contribution is 2.40. The summed E-state index contributed by atoms with van der Waals surface area (Å²) in [7, 11) is 4.33. The highest BCUT2D eigenvalue weighted by atomic mass is 16.7. The molecule has 5 atom stereocenters. The van der Waals surface area contributed by atoms with Crippen molar-refractivity contribution in [3.8, 4) is 33.9 Å². The van der Waals surface area contributed by atoms with E-state index in [4.69, 9.17) is 38.1 Å². The van der Waals surface area contributed by atoms with E-state index in [1.165, 1.54) is 50.0 Å². The Morgan fingerprint density at radius 2 is 1.15 bits per heavy atom. The number of likely N-dealkylation sites (N-methyl/N-ethyl adjacent to an activating group) is 2. The smallest absolute Gasteiger partial charge is 0.303 e. The zero-order valence-electron chi connectivity index (χ0n) is 44.1. The topological polar surface area (TPSA) is 169 Å². The zero-order chi connectivity index (χ0) is 52.8. The summed E-state index contributed by atoms with van der Waals surface area (Å²) >= 11 is 0. The van der Waals surface area contributed by atoms with E-state index in [-0.39, 0.29) is 26.4 Å². The molecule has 0 radical (unpaired) electrons. The Morgan fingerprint density at radius 1 is 0.587 bits per heavy atom. The van der Waals surface area contributed by atoms with Crippen LogP contribution in [-0.4, -0.2) is 171 Å². The molecule has 18 nitrogen and oxygen atoms in total. The van der Waals surface area contributed by atoms with Crippen LogP contribution >= 0.6 is 0 Å². The first-order valence-corrected chi connectivity index (χ1v) is 26.0. The van der Waals surface area contributed by atoms with Crippen molar-refractivity contribution in [3.05, 3.63) is 91.0 Å². The minimum atomic E-state index is -1.35. The Morgan fingerprint density at radius 3 is 1.75 bits per heavy atom. The number of piperazine rings is 2. The third-order valence-electron chi connectivity index (χ3n) is 14.2. The van der Waals surface area contributed by atoms with Gasteiger partial charge in [-0.3, -0.25) is 19.2 Å². The number of aromatic nitrogens is 3. The van der Waals surface area contributed by atoms with Gasteiger partial charge < -0.3 is 61.9 Å². The molecule has 0 amide bonds. The molecule has 4 aromatic carbocycles. The van der Waals surface area contributed by atoms with E-state index in [1.807, 2.05) is 0 Å². The van der Waals surface area contributed by atoms with Crippen LogP contribution in [0.5, 0.6) is 0 Å². The van der Waals surface area contributed by atoms with Crippen LogP contribution in [0, 0.1) is 0 Å². The van der Waals surface area contributed by atoms with E-state index < -0.39 is 54.6 Å². The van der Waals surface area contributed by atoms with E-state index in [0.29, 0.717) is 6.54 Å². The van der Waals surface area contributed by atoms with Gasteiger partial charge in [0.1, 0.15) is 18.5 Å². The monoisotopic (exact) mass is 1030 g/mol. The molecular formula is C57H69N7O11. The van der Waals surface area contributed by atoms with Crippen LogP contribution in [0.4, 0.5) is 11.4 Å². The predicted octanol–water partition coefficient (Wildman–Crippen LogP) is 6.63. The van der Waals surface area contributed by atoms with Crippen LogP contribution in [0.3, 0.4) is 0 Å². The standard InChI is InChI=1S/C57H69N7O11/c1-8-63-48-12-10-9-11-46(48)47-35-43(17-22-49(47)63)56-58-51(41-13-18-44(19-14-41)61-27-23-59(6)24-28-61)52(42-15-20-45(21-16-42)62-29-25-60(7)26-30-62)64(56)31-32-69-33-34-70-57-55(74-40(5)68)54(73-39(4)67)53(72-38(3)66)50(75-57)36-71-37(2)65/h9-22,35,50,53-55,57H,8,23-34,36H2,1-7H3/t50-,53-,54+,55-,57-/m1/s1. The highest BCUT2D eigenvalue weighted by molar-refractivity contribution is 6.09. The fourth-order valence-electron chi connectivity index (χ4n) is 10.5. The van der Waals surface area contributed by atoms with Gasteiger partial charge in [0.15, 0.2) is 24.6 Å². The highest BCUT2D eigenvalue weighted by Gasteiger charge is 2.52. The lowest BCUT2D eigenvalue weighted by Gasteiger charge is -2.44. The maximum atomic E-state index is 12.5. The van der Waals surface area contributed by atoms with Crippen molar-refractivity contribution >= 4 is 57.1 Å². The first-order valence-electron chi connectivity index (χ1n) is 26.0. The van der Waals surface area contributed by atoms with Crippen LogP contribution in [0.25, 0.3) is 55.7 Å². The number of imidazole rings is 1. The van der Waals surface area contributed by atoms with Crippen molar-refractivity contribution < 1.29 is 52.3 Å². The second-order valence-electron chi connectivity index (χ2n) is 19.5. The molecule has 75 heavy (non-hydrogen) atoms. The van der Waals surface area contributed by atoms with Gasteiger partial charge in [0.25, 0.3) is 0 Å². The van der Waals surface area contributed by atoms with E-state index in [2.05, 4.69) is 141 Å². The number of aryl methyl sites for hydroxylation is 1. The summed E-state index contributed by atoms with van der Waals surface area (Å²) in [4.78, 5) is 64.2. The molecule has 6 aromatic rings. The molecule has 3 aliphatic rings. The Labute approximate surface area is 437 Å². The first-order chi connectivity index (χ1) is 36.3. The fourth-order valence-corrected chi connectivity index (χ4v) is 10.5. The summed E-state index contributed by atoms with van der Waals surface area (Å²) in [5.41, 5.74) is 9.47. The number of benzene rings is 4. The average molecular weight is 1030 g/mol. The molecule has 3 aliphatic heterocycles. The molecule has 0 unspecified atom stereocenters. The van der Waals surface area contributed by atoms with Gasteiger partial charge >= 0.3 is 23.9 Å². The van der Waals surface area contributed by atoms with Crippen LogP contribution in [0.1, 0.15) is 34.6 Å². The van der Waals surface area contributed by atoms with Crippen molar-refractivity contribution in [2.45, 2.75) is 78.4 Å². The largest absolute Gasteiger partial charge is 0.463 e. The van der Waals surface area contributed by atoms with Crippen LogP contribution in [0.2, 0.25) is 0 Å². The molecule has 2 aromatic heterocycles. The van der Waals surface area contributed by atoms with Gasteiger partial charge in [-0.2, -0.15) is 0 Å². The van der Waals surface area contributed by atoms with Crippen LogP contribution < -0.4 is 9.80 Å². The number of hydrogen-bond donors (Lipinski definition) is 0. The van der Waals surface area contributed by atoms with Gasteiger partial charge in [0.2, 0.25) is 0 Å². The normalized spacial score (nSPS) is 20.6. The number of para-hydroxylation sites is 1. The van der Waals surface area contributed by atoms with Crippen LogP contribution in [-0.2, 0) is 65.4 Å². The van der Waals surface area contributed by atoms with Crippen molar-refractivity contribution in [1.82, 2.24) is 23.9 Å². The number of rotatable bonds is 18. The Bertz CT molecular complexity index is 2960. The molecule has 0 aliphatic carbocycles. The van der Waals surface area contributed by atoms with E-state index in [1.54, 1.807) is 0 Å². The molecule has 398 valence electrons. The fraction of sp³-hybridized carbons (Fsp3) is 0.456.